The number of aryl methyl sites for hydroxylation is 2. The van der Waals surface area contributed by atoms with Crippen molar-refractivity contribution in [3.63, 3.8) is 0 Å². The quantitative estimate of drug-likeness (QED) is 0.466. The summed E-state index contributed by atoms with van der Waals surface area (Å²) in [5.41, 5.74) is 9.57. The predicted molar refractivity (Wildman–Crippen MR) is 74.2 cm³/mol. The highest BCUT2D eigenvalue weighted by Gasteiger charge is 1.98. The van der Waals surface area contributed by atoms with Gasteiger partial charge in [0, 0.05) is 6.54 Å². The van der Waals surface area contributed by atoms with E-state index in [1.54, 1.807) is 0 Å². The number of benzene rings is 1. The van der Waals surface area contributed by atoms with E-state index < -0.39 is 0 Å². The van der Waals surface area contributed by atoms with E-state index in [1.165, 1.54) is 16.7 Å². The van der Waals surface area contributed by atoms with E-state index in [0.717, 1.165) is 19.4 Å². The smallest absolute Gasteiger partial charge is 0.188 e. The molecule has 3 nitrogen and oxygen atoms in total. The fourth-order valence-corrected chi connectivity index (χ4v) is 1.64. The van der Waals surface area contributed by atoms with Crippen LogP contribution in [0.5, 0.6) is 0 Å². The largest absolute Gasteiger partial charge is 0.370 e. The Morgan fingerprint density at radius 1 is 1.35 bits per heavy atom. The third-order valence-corrected chi connectivity index (χ3v) is 2.75. The van der Waals surface area contributed by atoms with Crippen molar-refractivity contribution in [1.29, 1.82) is 0 Å². The zero-order valence-electron chi connectivity index (χ0n) is 11.1. The maximum absolute atomic E-state index is 5.78. The fourth-order valence-electron chi connectivity index (χ4n) is 1.64. The van der Waals surface area contributed by atoms with Gasteiger partial charge in [0.05, 0.1) is 6.54 Å². The van der Waals surface area contributed by atoms with Crippen molar-refractivity contribution in [1.82, 2.24) is 5.32 Å². The lowest BCUT2D eigenvalue weighted by Crippen LogP contribution is -2.32. The summed E-state index contributed by atoms with van der Waals surface area (Å²) in [4.78, 5) is 4.34. The van der Waals surface area contributed by atoms with Gasteiger partial charge in [0.25, 0.3) is 0 Å². The number of unbranched alkanes of at least 4 members (excludes halogenated alkanes) is 1. The van der Waals surface area contributed by atoms with E-state index in [-0.39, 0.29) is 0 Å². The molecule has 0 saturated carbocycles. The predicted octanol–water partition coefficient (Wildman–Crippen LogP) is 2.51. The molecule has 3 heteroatoms. The van der Waals surface area contributed by atoms with E-state index in [4.69, 9.17) is 5.73 Å². The van der Waals surface area contributed by atoms with Crippen molar-refractivity contribution in [2.75, 3.05) is 6.54 Å². The molecule has 3 N–H and O–H groups in total. The highest BCUT2D eigenvalue weighted by atomic mass is 15.1. The van der Waals surface area contributed by atoms with Crippen LogP contribution in [0.15, 0.2) is 23.2 Å². The molecule has 0 bridgehead atoms. The molecular weight excluding hydrogens is 210 g/mol. The standard InChI is InChI=1S/C14H23N3/c1-4-5-8-16-14(15)17-10-13-7-6-11(2)9-12(13)3/h6-7,9H,4-5,8,10H2,1-3H3,(H3,15,16,17). The van der Waals surface area contributed by atoms with Gasteiger partial charge >= 0.3 is 0 Å². The summed E-state index contributed by atoms with van der Waals surface area (Å²) in [6, 6.07) is 6.40. The number of aliphatic imine (C=N–C) groups is 1. The van der Waals surface area contributed by atoms with Crippen LogP contribution in [0.1, 0.15) is 36.5 Å². The summed E-state index contributed by atoms with van der Waals surface area (Å²) in [6.45, 7) is 7.92. The van der Waals surface area contributed by atoms with Crippen molar-refractivity contribution in [3.8, 4) is 0 Å². The number of nitrogens with two attached hydrogens (primary N) is 1. The molecule has 1 rings (SSSR count). The average Bonchev–Trinajstić information content (AvgIpc) is 2.28. The molecule has 1 aromatic carbocycles. The number of hydrogen-bond acceptors (Lipinski definition) is 1. The van der Waals surface area contributed by atoms with Crippen LogP contribution in [-0.2, 0) is 6.54 Å². The first kappa shape index (κ1) is 13.6. The fraction of sp³-hybridized carbons (Fsp3) is 0.500. The second-order valence-electron chi connectivity index (χ2n) is 4.41. The molecule has 94 valence electrons. The van der Waals surface area contributed by atoms with Crippen LogP contribution < -0.4 is 11.1 Å². The number of nitrogens with zero attached hydrogens (tertiary/aromatic N) is 1. The van der Waals surface area contributed by atoms with Crippen molar-refractivity contribution in [2.45, 2.75) is 40.2 Å². The van der Waals surface area contributed by atoms with Gasteiger partial charge < -0.3 is 11.1 Å². The summed E-state index contributed by atoms with van der Waals surface area (Å²) >= 11 is 0. The molecule has 0 heterocycles. The summed E-state index contributed by atoms with van der Waals surface area (Å²) in [7, 11) is 0. The van der Waals surface area contributed by atoms with Crippen LogP contribution in [-0.4, -0.2) is 12.5 Å². The van der Waals surface area contributed by atoms with Crippen LogP contribution in [0.25, 0.3) is 0 Å². The van der Waals surface area contributed by atoms with Crippen molar-refractivity contribution in [3.05, 3.63) is 34.9 Å². The highest BCUT2D eigenvalue weighted by Crippen LogP contribution is 2.11. The lowest BCUT2D eigenvalue weighted by molar-refractivity contribution is 0.748. The molecular formula is C14H23N3. The Kier molecular flexibility index (Phi) is 5.53. The van der Waals surface area contributed by atoms with E-state index in [2.05, 4.69) is 49.3 Å². The highest BCUT2D eigenvalue weighted by molar-refractivity contribution is 5.77. The minimum absolute atomic E-state index is 0.540. The van der Waals surface area contributed by atoms with Gasteiger partial charge in [-0.25, -0.2) is 4.99 Å². The van der Waals surface area contributed by atoms with E-state index in [0.29, 0.717) is 12.5 Å². The second-order valence-corrected chi connectivity index (χ2v) is 4.41. The molecule has 1 aromatic rings. The van der Waals surface area contributed by atoms with E-state index in [9.17, 15) is 0 Å². The molecule has 0 aliphatic carbocycles. The van der Waals surface area contributed by atoms with Gasteiger partial charge in [0.15, 0.2) is 5.96 Å². The Labute approximate surface area is 104 Å². The van der Waals surface area contributed by atoms with Crippen molar-refractivity contribution < 1.29 is 0 Å². The molecule has 0 radical (unpaired) electrons. The molecule has 0 fully saturated rings. The summed E-state index contributed by atoms with van der Waals surface area (Å²) in [5.74, 6) is 0.540. The second kappa shape index (κ2) is 6.94. The zero-order valence-corrected chi connectivity index (χ0v) is 11.1. The molecule has 17 heavy (non-hydrogen) atoms. The molecule has 0 aliphatic rings. The first-order chi connectivity index (χ1) is 8.13. The molecule has 0 saturated heterocycles. The van der Waals surface area contributed by atoms with E-state index >= 15 is 0 Å². The minimum Gasteiger partial charge on any atom is -0.370 e. The van der Waals surface area contributed by atoms with Crippen LogP contribution in [0, 0.1) is 13.8 Å². The Morgan fingerprint density at radius 3 is 2.76 bits per heavy atom. The molecule has 0 unspecified atom stereocenters. The molecule has 0 spiro atoms. The number of hydrogen-bond donors (Lipinski definition) is 2. The van der Waals surface area contributed by atoms with Gasteiger partial charge in [0.1, 0.15) is 0 Å². The first-order valence-electron chi connectivity index (χ1n) is 6.23. The Bertz CT molecular complexity index is 383. The Hall–Kier alpha value is -1.51. The molecule has 0 atom stereocenters. The van der Waals surface area contributed by atoms with Crippen molar-refractivity contribution >= 4 is 5.96 Å². The topological polar surface area (TPSA) is 50.4 Å². The molecule has 0 aromatic heterocycles. The van der Waals surface area contributed by atoms with Gasteiger partial charge in [-0.1, -0.05) is 37.1 Å². The van der Waals surface area contributed by atoms with Gasteiger partial charge in [-0.2, -0.15) is 0 Å². The van der Waals surface area contributed by atoms with Crippen molar-refractivity contribution in [2.24, 2.45) is 10.7 Å². The van der Waals surface area contributed by atoms with Crippen LogP contribution in [0.4, 0.5) is 0 Å². The van der Waals surface area contributed by atoms with Gasteiger partial charge in [-0.3, -0.25) is 0 Å². The average molecular weight is 233 g/mol. The maximum Gasteiger partial charge on any atom is 0.188 e. The van der Waals surface area contributed by atoms with Crippen LogP contribution >= 0.6 is 0 Å². The Morgan fingerprint density at radius 2 is 2.12 bits per heavy atom. The monoisotopic (exact) mass is 233 g/mol. The normalized spacial score (nSPS) is 11.6. The van der Waals surface area contributed by atoms with Gasteiger partial charge in [-0.15, -0.1) is 0 Å². The third-order valence-electron chi connectivity index (χ3n) is 2.75. The van der Waals surface area contributed by atoms with Gasteiger partial charge in [-0.05, 0) is 31.4 Å². The summed E-state index contributed by atoms with van der Waals surface area (Å²) in [6.07, 6.45) is 2.29. The lowest BCUT2D eigenvalue weighted by atomic mass is 10.1. The zero-order chi connectivity index (χ0) is 12.7. The number of rotatable bonds is 5. The third kappa shape index (κ3) is 4.89. The number of guanidine groups is 1. The van der Waals surface area contributed by atoms with E-state index in [1.807, 2.05) is 0 Å². The Balaban J connectivity index is 2.50. The summed E-state index contributed by atoms with van der Waals surface area (Å²) < 4.78 is 0. The maximum atomic E-state index is 5.78. The van der Waals surface area contributed by atoms with Gasteiger partial charge in [0.2, 0.25) is 0 Å². The molecule has 0 amide bonds. The summed E-state index contributed by atoms with van der Waals surface area (Å²) in [5, 5.41) is 3.11. The minimum atomic E-state index is 0.540. The van der Waals surface area contributed by atoms with Crippen LogP contribution in [0.3, 0.4) is 0 Å². The lowest BCUT2D eigenvalue weighted by Gasteiger charge is -2.06. The molecule has 0 aliphatic heterocycles. The first-order valence-corrected chi connectivity index (χ1v) is 6.23. The number of nitrogens with one attached hydrogen (secondary N) is 1. The SMILES string of the molecule is CCCCNC(N)=NCc1ccc(C)cc1C. The van der Waals surface area contributed by atoms with Crippen LogP contribution in [0.2, 0.25) is 0 Å².